The van der Waals surface area contributed by atoms with Crippen LogP contribution in [0.5, 0.6) is 0 Å². The lowest BCUT2D eigenvalue weighted by Crippen LogP contribution is -2.47. The van der Waals surface area contributed by atoms with Crippen molar-refractivity contribution in [1.29, 1.82) is 0 Å². The minimum atomic E-state index is -4.56. The van der Waals surface area contributed by atoms with Crippen LogP contribution in [-0.4, -0.2) is 20.1 Å². The Morgan fingerprint density at radius 1 is 1.23 bits per heavy atom. The van der Waals surface area contributed by atoms with E-state index >= 15 is 0 Å². The van der Waals surface area contributed by atoms with E-state index in [4.69, 9.17) is 0 Å². The summed E-state index contributed by atoms with van der Waals surface area (Å²) in [6.45, 7) is 1.63. The summed E-state index contributed by atoms with van der Waals surface area (Å²) in [6.07, 6.45) is -1.62. The van der Waals surface area contributed by atoms with E-state index in [1.165, 1.54) is 12.5 Å². The number of aryl methyl sites for hydroxylation is 1. The van der Waals surface area contributed by atoms with E-state index in [1.807, 2.05) is 4.72 Å². The van der Waals surface area contributed by atoms with Crippen LogP contribution < -0.4 is 4.72 Å². The first kappa shape index (κ1) is 15.8. The molecular formula is C15H18F3NO2S. The third kappa shape index (κ3) is 2.65. The quantitative estimate of drug-likeness (QED) is 0.914. The van der Waals surface area contributed by atoms with Gasteiger partial charge in [0.05, 0.1) is 4.90 Å². The van der Waals surface area contributed by atoms with E-state index < -0.39 is 21.7 Å². The topological polar surface area (TPSA) is 46.2 Å². The minimum absolute atomic E-state index is 0.0638. The molecule has 3 rings (SSSR count). The van der Waals surface area contributed by atoms with Crippen molar-refractivity contribution in [2.24, 2.45) is 0 Å². The Labute approximate surface area is 128 Å². The largest absolute Gasteiger partial charge is 0.407 e. The van der Waals surface area contributed by atoms with Gasteiger partial charge in [0.2, 0.25) is 10.0 Å². The molecule has 122 valence electrons. The summed E-state index contributed by atoms with van der Waals surface area (Å²) in [5.41, 5.74) is -0.709. The molecule has 0 unspecified atom stereocenters. The summed E-state index contributed by atoms with van der Waals surface area (Å²) in [5.74, 6) is 0.452. The molecular weight excluding hydrogens is 315 g/mol. The number of alkyl halides is 3. The van der Waals surface area contributed by atoms with Gasteiger partial charge in [0, 0.05) is 0 Å². The molecule has 0 aromatic heterocycles. The Bertz CT molecular complexity index is 689. The smallest absolute Gasteiger partial charge is 0.207 e. The fourth-order valence-electron chi connectivity index (χ4n) is 2.85. The number of rotatable bonds is 4. The van der Waals surface area contributed by atoms with Gasteiger partial charge < -0.3 is 0 Å². The Hall–Kier alpha value is -1.08. The Kier molecular flexibility index (Phi) is 3.56. The van der Waals surface area contributed by atoms with Crippen LogP contribution in [0.2, 0.25) is 0 Å². The molecule has 22 heavy (non-hydrogen) atoms. The second-order valence-corrected chi connectivity index (χ2v) is 7.99. The first-order chi connectivity index (χ1) is 10.1. The molecule has 7 heteroatoms. The summed E-state index contributed by atoms with van der Waals surface area (Å²) < 4.78 is 65.3. The SMILES string of the molecule is Cc1cc(C2CCC2)ccc1S(=O)(=O)NC1(C(F)(F)F)CC1. The summed E-state index contributed by atoms with van der Waals surface area (Å²) >= 11 is 0. The average molecular weight is 333 g/mol. The second-order valence-electron chi connectivity index (χ2n) is 6.34. The highest BCUT2D eigenvalue weighted by atomic mass is 32.2. The molecule has 0 spiro atoms. The maximum Gasteiger partial charge on any atom is 0.407 e. The second kappa shape index (κ2) is 4.96. The third-order valence-electron chi connectivity index (χ3n) is 4.69. The van der Waals surface area contributed by atoms with E-state index in [2.05, 4.69) is 0 Å². The van der Waals surface area contributed by atoms with Crippen molar-refractivity contribution >= 4 is 10.0 Å². The zero-order valence-corrected chi connectivity index (χ0v) is 13.0. The molecule has 2 aliphatic carbocycles. The van der Waals surface area contributed by atoms with E-state index in [0.717, 1.165) is 18.4 Å². The van der Waals surface area contributed by atoms with E-state index in [-0.39, 0.29) is 17.7 Å². The van der Waals surface area contributed by atoms with Gasteiger partial charge >= 0.3 is 6.18 Å². The standard InChI is InChI=1S/C15H18F3NO2S/c1-10-9-12(11-3-2-4-11)5-6-13(10)22(20,21)19-14(7-8-14)15(16,17)18/h5-6,9,11,19H,2-4,7-8H2,1H3. The molecule has 1 aromatic rings. The van der Waals surface area contributed by atoms with Gasteiger partial charge in [-0.25, -0.2) is 8.42 Å². The molecule has 0 saturated heterocycles. The summed E-state index contributed by atoms with van der Waals surface area (Å²) in [6, 6.07) is 4.93. The van der Waals surface area contributed by atoms with Crippen LogP contribution in [-0.2, 0) is 10.0 Å². The maximum absolute atomic E-state index is 12.9. The van der Waals surface area contributed by atoms with Crippen LogP contribution in [0.25, 0.3) is 0 Å². The number of hydrogen-bond acceptors (Lipinski definition) is 2. The van der Waals surface area contributed by atoms with Gasteiger partial charge in [-0.2, -0.15) is 17.9 Å². The van der Waals surface area contributed by atoms with Crippen LogP contribution >= 0.6 is 0 Å². The van der Waals surface area contributed by atoms with Crippen molar-refractivity contribution in [3.05, 3.63) is 29.3 Å². The van der Waals surface area contributed by atoms with Crippen molar-refractivity contribution in [3.8, 4) is 0 Å². The van der Waals surface area contributed by atoms with Crippen LogP contribution in [0.3, 0.4) is 0 Å². The minimum Gasteiger partial charge on any atom is -0.207 e. The molecule has 2 aliphatic rings. The lowest BCUT2D eigenvalue weighted by atomic mass is 9.80. The molecule has 1 N–H and O–H groups in total. The fraction of sp³-hybridized carbons (Fsp3) is 0.600. The highest BCUT2D eigenvalue weighted by molar-refractivity contribution is 7.89. The van der Waals surface area contributed by atoms with Gasteiger partial charge in [-0.3, -0.25) is 0 Å². The molecule has 0 atom stereocenters. The fourth-order valence-corrected chi connectivity index (χ4v) is 4.52. The third-order valence-corrected chi connectivity index (χ3v) is 6.38. The van der Waals surface area contributed by atoms with Gasteiger partial charge in [0.25, 0.3) is 0 Å². The summed E-state index contributed by atoms with van der Waals surface area (Å²) in [7, 11) is -4.17. The van der Waals surface area contributed by atoms with Gasteiger partial charge in [-0.05, 0) is 55.7 Å². The summed E-state index contributed by atoms with van der Waals surface area (Å²) in [4.78, 5) is -0.0638. The number of halogens is 3. The molecule has 0 radical (unpaired) electrons. The maximum atomic E-state index is 12.9. The summed E-state index contributed by atoms with van der Waals surface area (Å²) in [5, 5.41) is 0. The lowest BCUT2D eigenvalue weighted by molar-refractivity contribution is -0.160. The van der Waals surface area contributed by atoms with Gasteiger partial charge in [-0.1, -0.05) is 18.6 Å². The average Bonchev–Trinajstić information content (AvgIpc) is 3.05. The van der Waals surface area contributed by atoms with Crippen molar-refractivity contribution in [3.63, 3.8) is 0 Å². The number of benzene rings is 1. The number of hydrogen-bond donors (Lipinski definition) is 1. The normalized spacial score (nSPS) is 21.5. The molecule has 0 aliphatic heterocycles. The number of sulfonamides is 1. The molecule has 3 nitrogen and oxygen atoms in total. The molecule has 1 aromatic carbocycles. The Morgan fingerprint density at radius 2 is 1.86 bits per heavy atom. The Morgan fingerprint density at radius 3 is 2.27 bits per heavy atom. The number of nitrogens with one attached hydrogen (secondary N) is 1. The Balaban J connectivity index is 1.86. The molecule has 2 fully saturated rings. The van der Waals surface area contributed by atoms with Crippen LogP contribution in [0.15, 0.2) is 23.1 Å². The predicted octanol–water partition coefficient (Wildman–Crippen LogP) is 3.64. The molecule has 0 heterocycles. The van der Waals surface area contributed by atoms with Gasteiger partial charge in [-0.15, -0.1) is 0 Å². The van der Waals surface area contributed by atoms with Crippen LogP contribution in [0.4, 0.5) is 13.2 Å². The van der Waals surface area contributed by atoms with Crippen molar-refractivity contribution < 1.29 is 21.6 Å². The monoisotopic (exact) mass is 333 g/mol. The predicted molar refractivity (Wildman–Crippen MR) is 76.1 cm³/mol. The van der Waals surface area contributed by atoms with Crippen LogP contribution in [0, 0.1) is 6.92 Å². The first-order valence-corrected chi connectivity index (χ1v) is 8.84. The van der Waals surface area contributed by atoms with E-state index in [1.54, 1.807) is 19.1 Å². The molecule has 0 bridgehead atoms. The highest BCUT2D eigenvalue weighted by Crippen LogP contribution is 2.49. The highest BCUT2D eigenvalue weighted by Gasteiger charge is 2.65. The zero-order chi connectivity index (χ0) is 16.2. The van der Waals surface area contributed by atoms with Crippen molar-refractivity contribution in [2.45, 2.75) is 61.6 Å². The van der Waals surface area contributed by atoms with Gasteiger partial charge in [0.15, 0.2) is 0 Å². The first-order valence-electron chi connectivity index (χ1n) is 7.36. The lowest BCUT2D eigenvalue weighted by Gasteiger charge is -2.26. The van der Waals surface area contributed by atoms with Crippen molar-refractivity contribution in [1.82, 2.24) is 4.72 Å². The zero-order valence-electron chi connectivity index (χ0n) is 12.2. The van der Waals surface area contributed by atoms with Crippen LogP contribution in [0.1, 0.15) is 49.1 Å². The molecule has 2 saturated carbocycles. The van der Waals surface area contributed by atoms with E-state index in [0.29, 0.717) is 11.5 Å². The van der Waals surface area contributed by atoms with E-state index in [9.17, 15) is 21.6 Å². The van der Waals surface area contributed by atoms with Gasteiger partial charge in [0.1, 0.15) is 5.54 Å². The van der Waals surface area contributed by atoms with Crippen molar-refractivity contribution in [2.75, 3.05) is 0 Å². The molecule has 0 amide bonds.